The van der Waals surface area contributed by atoms with Crippen molar-refractivity contribution in [3.63, 3.8) is 0 Å². The van der Waals surface area contributed by atoms with Crippen molar-refractivity contribution in [2.45, 2.75) is 52.0 Å². The summed E-state index contributed by atoms with van der Waals surface area (Å²) in [4.78, 5) is 27.7. The van der Waals surface area contributed by atoms with Crippen LogP contribution in [0.5, 0.6) is 0 Å². The van der Waals surface area contributed by atoms with E-state index in [0.717, 1.165) is 48.2 Å². The number of fused-ring (bicyclic) bond motifs is 1. The van der Waals surface area contributed by atoms with Gasteiger partial charge >= 0.3 is 0 Å². The molecule has 1 aliphatic heterocycles. The molecular weight excluding hydrogens is 338 g/mol. The molecule has 2 aliphatic rings. The maximum absolute atomic E-state index is 11.8. The Morgan fingerprint density at radius 1 is 1.22 bits per heavy atom. The van der Waals surface area contributed by atoms with Gasteiger partial charge in [0, 0.05) is 31.8 Å². The van der Waals surface area contributed by atoms with Crippen LogP contribution in [0.2, 0.25) is 0 Å². The second kappa shape index (κ2) is 8.03. The lowest BCUT2D eigenvalue weighted by Crippen LogP contribution is -2.35. The number of hydrogen-bond donors (Lipinski definition) is 1. The predicted octanol–water partition coefficient (Wildman–Crippen LogP) is 3.44. The van der Waals surface area contributed by atoms with Gasteiger partial charge in [0.25, 0.3) is 0 Å². The molecule has 1 saturated carbocycles. The first kappa shape index (κ1) is 17.9. The van der Waals surface area contributed by atoms with E-state index in [1.807, 2.05) is 23.1 Å². The zero-order chi connectivity index (χ0) is 18.6. The molecule has 1 aliphatic carbocycles. The fourth-order valence-corrected chi connectivity index (χ4v) is 4.09. The minimum Gasteiger partial charge on any atom is -0.369 e. The highest BCUT2D eigenvalue weighted by Gasteiger charge is 2.25. The van der Waals surface area contributed by atoms with Gasteiger partial charge < -0.3 is 10.2 Å². The number of anilines is 1. The van der Waals surface area contributed by atoms with E-state index in [0.29, 0.717) is 12.4 Å². The summed E-state index contributed by atoms with van der Waals surface area (Å²) >= 11 is 0. The number of amides is 1. The maximum atomic E-state index is 11.8. The van der Waals surface area contributed by atoms with Crippen LogP contribution in [0, 0.1) is 5.92 Å². The molecule has 2 aromatic heterocycles. The molecule has 6 heteroatoms. The van der Waals surface area contributed by atoms with Gasteiger partial charge in [-0.25, -0.2) is 9.97 Å². The minimum atomic E-state index is 0.0929. The summed E-state index contributed by atoms with van der Waals surface area (Å²) in [6.07, 6.45) is 9.18. The molecule has 3 heterocycles. The van der Waals surface area contributed by atoms with E-state index < -0.39 is 0 Å². The van der Waals surface area contributed by atoms with Crippen LogP contribution in [-0.4, -0.2) is 38.8 Å². The molecule has 0 aromatic carbocycles. The van der Waals surface area contributed by atoms with Crippen LogP contribution in [0.4, 0.5) is 5.82 Å². The monoisotopic (exact) mass is 365 g/mol. The summed E-state index contributed by atoms with van der Waals surface area (Å²) in [5.74, 6) is 2.37. The van der Waals surface area contributed by atoms with Crippen molar-refractivity contribution in [1.29, 1.82) is 0 Å². The number of nitrogens with zero attached hydrogens (tertiary/aromatic N) is 4. The number of carbonyl (C=O) groups is 1. The van der Waals surface area contributed by atoms with Crippen molar-refractivity contribution >= 4 is 11.7 Å². The lowest BCUT2D eigenvalue weighted by molar-refractivity contribution is -0.129. The first-order chi connectivity index (χ1) is 13.2. The van der Waals surface area contributed by atoms with Gasteiger partial charge in [-0.3, -0.25) is 9.78 Å². The molecule has 0 unspecified atom stereocenters. The third kappa shape index (κ3) is 4.10. The zero-order valence-electron chi connectivity index (χ0n) is 15.9. The van der Waals surface area contributed by atoms with Gasteiger partial charge in [0.2, 0.25) is 5.91 Å². The van der Waals surface area contributed by atoms with Gasteiger partial charge in [0.1, 0.15) is 11.5 Å². The smallest absolute Gasteiger partial charge is 0.219 e. The molecule has 27 heavy (non-hydrogen) atoms. The molecule has 0 bridgehead atoms. The normalized spacial score (nSPS) is 17.4. The van der Waals surface area contributed by atoms with Crippen molar-refractivity contribution < 1.29 is 4.79 Å². The van der Waals surface area contributed by atoms with E-state index in [4.69, 9.17) is 9.97 Å². The standard InChI is InChI=1S/C21H27N5O/c1-15(27)26-12-10-17-19(14-26)24-21(18-9-5-6-11-22-18)25-20(17)23-13-16-7-3-2-4-8-16/h5-6,9,11,16H,2-4,7-8,10,12-14H2,1H3,(H,23,24,25). The van der Waals surface area contributed by atoms with Crippen LogP contribution in [-0.2, 0) is 17.8 Å². The lowest BCUT2D eigenvalue weighted by atomic mass is 9.89. The molecular formula is C21H27N5O. The second-order valence-corrected chi connectivity index (χ2v) is 7.61. The number of hydrogen-bond acceptors (Lipinski definition) is 5. The Balaban J connectivity index is 1.63. The molecule has 1 N–H and O–H groups in total. The van der Waals surface area contributed by atoms with Crippen molar-refractivity contribution in [2.24, 2.45) is 5.92 Å². The number of pyridine rings is 1. The van der Waals surface area contributed by atoms with E-state index in [9.17, 15) is 4.79 Å². The summed E-state index contributed by atoms with van der Waals surface area (Å²) in [6, 6.07) is 5.77. The fourth-order valence-electron chi connectivity index (χ4n) is 4.09. The summed E-state index contributed by atoms with van der Waals surface area (Å²) in [5.41, 5.74) is 2.86. The molecule has 4 rings (SSSR count). The Bertz CT molecular complexity index is 802. The maximum Gasteiger partial charge on any atom is 0.219 e. The average molecular weight is 365 g/mol. The van der Waals surface area contributed by atoms with Crippen LogP contribution in [0.25, 0.3) is 11.5 Å². The van der Waals surface area contributed by atoms with Gasteiger partial charge in [-0.15, -0.1) is 0 Å². The molecule has 0 saturated heterocycles. The molecule has 142 valence electrons. The Hall–Kier alpha value is -2.50. The molecule has 0 spiro atoms. The third-order valence-electron chi connectivity index (χ3n) is 5.69. The summed E-state index contributed by atoms with van der Waals surface area (Å²) in [7, 11) is 0. The SMILES string of the molecule is CC(=O)N1CCc2c(nc(-c3ccccn3)nc2NCC2CCCCC2)C1. The minimum absolute atomic E-state index is 0.0929. The Morgan fingerprint density at radius 2 is 2.07 bits per heavy atom. The van der Waals surface area contributed by atoms with Crippen molar-refractivity contribution in [3.8, 4) is 11.5 Å². The quantitative estimate of drug-likeness (QED) is 0.899. The van der Waals surface area contributed by atoms with Crippen molar-refractivity contribution in [3.05, 3.63) is 35.7 Å². The highest BCUT2D eigenvalue weighted by Crippen LogP contribution is 2.28. The van der Waals surface area contributed by atoms with E-state index in [2.05, 4.69) is 10.3 Å². The van der Waals surface area contributed by atoms with Crippen molar-refractivity contribution in [1.82, 2.24) is 19.9 Å². The summed E-state index contributed by atoms with van der Waals surface area (Å²) < 4.78 is 0. The zero-order valence-corrected chi connectivity index (χ0v) is 15.9. The topological polar surface area (TPSA) is 71.0 Å². The molecule has 0 radical (unpaired) electrons. The number of carbonyl (C=O) groups excluding carboxylic acids is 1. The highest BCUT2D eigenvalue weighted by molar-refractivity contribution is 5.74. The van der Waals surface area contributed by atoms with E-state index in [1.165, 1.54) is 32.1 Å². The van der Waals surface area contributed by atoms with Crippen LogP contribution in [0.1, 0.15) is 50.3 Å². The van der Waals surface area contributed by atoms with Gasteiger partial charge in [-0.05, 0) is 37.3 Å². The lowest BCUT2D eigenvalue weighted by Gasteiger charge is -2.29. The van der Waals surface area contributed by atoms with Crippen molar-refractivity contribution in [2.75, 3.05) is 18.4 Å². The summed E-state index contributed by atoms with van der Waals surface area (Å²) in [5, 5.41) is 3.61. The number of rotatable bonds is 4. The van der Waals surface area contributed by atoms with Gasteiger partial charge in [0.15, 0.2) is 5.82 Å². The average Bonchev–Trinajstić information content (AvgIpc) is 2.72. The van der Waals surface area contributed by atoms with E-state index >= 15 is 0 Å². The van der Waals surface area contributed by atoms with Gasteiger partial charge in [-0.1, -0.05) is 25.3 Å². The molecule has 6 nitrogen and oxygen atoms in total. The van der Waals surface area contributed by atoms with Gasteiger partial charge in [0.05, 0.1) is 12.2 Å². The van der Waals surface area contributed by atoms with Crippen LogP contribution >= 0.6 is 0 Å². The first-order valence-corrected chi connectivity index (χ1v) is 10.0. The largest absolute Gasteiger partial charge is 0.369 e. The Labute approximate surface area is 160 Å². The van der Waals surface area contributed by atoms with E-state index in [-0.39, 0.29) is 5.91 Å². The first-order valence-electron chi connectivity index (χ1n) is 10.0. The summed E-state index contributed by atoms with van der Waals surface area (Å²) in [6.45, 7) is 3.85. The van der Waals surface area contributed by atoms with Crippen LogP contribution < -0.4 is 5.32 Å². The Kier molecular flexibility index (Phi) is 5.32. The Morgan fingerprint density at radius 3 is 2.81 bits per heavy atom. The number of aromatic nitrogens is 3. The molecule has 1 amide bonds. The third-order valence-corrected chi connectivity index (χ3v) is 5.69. The van der Waals surface area contributed by atoms with E-state index in [1.54, 1.807) is 13.1 Å². The number of nitrogens with one attached hydrogen (secondary N) is 1. The molecule has 2 aromatic rings. The van der Waals surface area contributed by atoms with Crippen LogP contribution in [0.3, 0.4) is 0 Å². The molecule has 1 fully saturated rings. The molecule has 0 atom stereocenters. The predicted molar refractivity (Wildman–Crippen MR) is 105 cm³/mol. The fraction of sp³-hybridized carbons (Fsp3) is 0.524. The van der Waals surface area contributed by atoms with Crippen LogP contribution in [0.15, 0.2) is 24.4 Å². The second-order valence-electron chi connectivity index (χ2n) is 7.61. The highest BCUT2D eigenvalue weighted by atomic mass is 16.2. The van der Waals surface area contributed by atoms with Gasteiger partial charge in [-0.2, -0.15) is 0 Å².